The Hall–Kier alpha value is -1.56. The van der Waals surface area contributed by atoms with Crippen molar-refractivity contribution in [3.63, 3.8) is 0 Å². The van der Waals surface area contributed by atoms with E-state index in [0.717, 1.165) is 166 Å². The van der Waals surface area contributed by atoms with E-state index in [9.17, 15) is 10.2 Å². The quantitative estimate of drug-likeness (QED) is 0.0153. The predicted molar refractivity (Wildman–Crippen MR) is 590 cm³/mol. The monoisotopic (exact) mass is 2000 g/mol. The number of hydrogen-bond donors (Lipinski definition) is 16. The molecule has 0 aliphatic heterocycles. The third-order valence-corrected chi connectivity index (χ3v) is 27.3. The van der Waals surface area contributed by atoms with Crippen molar-refractivity contribution in [1.29, 1.82) is 0 Å². The van der Waals surface area contributed by atoms with Crippen LogP contribution in [0.1, 0.15) is 287 Å². The van der Waals surface area contributed by atoms with Gasteiger partial charge in [-0.05, 0) is 193 Å². The average Bonchev–Trinajstić information content (AvgIpc) is 0.899. The molecule has 4 atom stereocenters. The number of hydrogen-bond acceptors (Lipinski definition) is 16. The van der Waals surface area contributed by atoms with Crippen molar-refractivity contribution >= 4 is 0 Å². The SMILES string of the molecule is CC(C)(O)C#CC[N+](C)(C)C.CCCC[N+](C)(CCCC)CCCCO.CCCC[N+](C)(CCCC)CCCO.CCCC[N+](C)(CCO)CCCC.CC[N+](C)(CC)CC(C)O.CC[N+](C)(CC)CC(O)CO.CC[N+](C)(CC)CCCC(C)O.CC[N+](C)(CC)CCCCCCO.CC[N+](C)(CC)CCCO.CC[N+](C)(CCO)CCO.C[N+](C)(C)CC(O)CO.C[N+](C)(CCO)CCO. The van der Waals surface area contributed by atoms with Gasteiger partial charge < -0.3 is 136 Å². The third kappa shape index (κ3) is 121. The van der Waals surface area contributed by atoms with E-state index >= 15 is 0 Å². The lowest BCUT2D eigenvalue weighted by molar-refractivity contribution is -0.910. The minimum absolute atomic E-state index is 0.131. The number of likely N-dealkylation sites (N-methyl/N-ethyl adjacent to an activating group) is 6. The maximum absolute atomic E-state index is 9.23. The maximum atomic E-state index is 9.23. The number of quaternary nitrogens is 12. The van der Waals surface area contributed by atoms with Crippen molar-refractivity contribution < 1.29 is 136 Å². The Balaban J connectivity index is -0.000000125. The molecule has 0 aliphatic rings. The lowest BCUT2D eigenvalue weighted by atomic mass is 10.1. The number of aliphatic hydroxyl groups excluding tert-OH is 15. The second-order valence-electron chi connectivity index (χ2n) is 44.7. The number of nitrogens with zero attached hydrogens (tertiary/aromatic N) is 12. The second kappa shape index (κ2) is 100. The minimum atomic E-state index is -0.852. The molecule has 137 heavy (non-hydrogen) atoms. The molecule has 0 aliphatic carbocycles. The fourth-order valence-electron chi connectivity index (χ4n) is 14.3. The molecule has 0 saturated carbocycles. The fraction of sp³-hybridized carbons (Fsp3) is 0.982. The molecule has 0 heterocycles. The smallest absolute Gasteiger partial charge is 0.140 e. The first kappa shape index (κ1) is 161. The van der Waals surface area contributed by atoms with Crippen molar-refractivity contribution in [1.82, 2.24) is 0 Å². The second-order valence-corrected chi connectivity index (χ2v) is 44.7. The Labute approximate surface area is 855 Å². The van der Waals surface area contributed by atoms with Crippen molar-refractivity contribution in [2.24, 2.45) is 0 Å². The fourth-order valence-corrected chi connectivity index (χ4v) is 14.3. The van der Waals surface area contributed by atoms with E-state index in [1.165, 1.54) is 197 Å². The number of unbranched alkanes of at least 4 members (excludes halogenated alkanes) is 10. The lowest BCUT2D eigenvalue weighted by Crippen LogP contribution is -2.49. The van der Waals surface area contributed by atoms with Gasteiger partial charge in [-0.3, -0.25) is 0 Å². The normalized spacial score (nSPS) is 13.0. The first-order chi connectivity index (χ1) is 63.5. The molecule has 0 aromatic carbocycles. The van der Waals surface area contributed by atoms with Gasteiger partial charge in [0.25, 0.3) is 0 Å². The van der Waals surface area contributed by atoms with E-state index in [-0.39, 0.29) is 51.8 Å². The summed E-state index contributed by atoms with van der Waals surface area (Å²) in [4.78, 5) is 0. The van der Waals surface area contributed by atoms with E-state index in [2.05, 4.69) is 207 Å². The summed E-state index contributed by atoms with van der Waals surface area (Å²) in [6.07, 6.45) is 24.9. The van der Waals surface area contributed by atoms with Gasteiger partial charge in [0.1, 0.15) is 82.8 Å². The molecule has 16 N–H and O–H groups in total. The third-order valence-electron chi connectivity index (χ3n) is 27.3. The molecule has 28 heteroatoms. The molecule has 0 aromatic heterocycles. The molecule has 0 rings (SSSR count). The highest BCUT2D eigenvalue weighted by molar-refractivity contribution is 5.10. The number of aliphatic hydroxyl groups is 16. The Morgan fingerprint density at radius 3 is 0.693 bits per heavy atom. The molecule has 0 saturated heterocycles. The summed E-state index contributed by atoms with van der Waals surface area (Å²) >= 11 is 0. The van der Waals surface area contributed by atoms with Gasteiger partial charge in [0.05, 0.1) is 316 Å². The minimum Gasteiger partial charge on any atom is -0.396 e. The highest BCUT2D eigenvalue weighted by Crippen LogP contribution is 2.15. The molecule has 0 bridgehead atoms. The highest BCUT2D eigenvalue weighted by atomic mass is 16.3. The van der Waals surface area contributed by atoms with Gasteiger partial charge in [0, 0.05) is 39.3 Å². The van der Waals surface area contributed by atoms with E-state index in [1.807, 2.05) is 56.1 Å². The average molecular weight is 2000 g/mol. The van der Waals surface area contributed by atoms with Crippen LogP contribution in [0, 0.1) is 11.8 Å². The van der Waals surface area contributed by atoms with Gasteiger partial charge in [0.2, 0.25) is 0 Å². The summed E-state index contributed by atoms with van der Waals surface area (Å²) < 4.78 is 11.6. The molecular formula is C109H262N12O16+12. The standard InChI is InChI=1S/C13H30NO.C12H28NO.2C11H26NO.C10H24NO.C9H18NO.C8H20NO2.2C8H20NO.C7H18NO2.2C6H16NO2/c1-4-6-10-14(3,11-7-5-2)12-8-9-13-15;1-4-6-9-13(3,10-7-5-2)11-8-12-14;1-4-12(3,5-2)10-8-6-7-9-11-13;1-4-6-8-12(3,10-11-13)9-7-5-2;1-5-11(4,6-2)9-7-8-10(3)12;1-9(2,11)7-6-8-10(3,4)5;1-4-9(3,5-2)6-8(11)7-10;1-5-9(4,6-2)7-8(3)10;1-4-9(3,5-2)7-6-8-10;1-3-8(2,4-6-9)5-7-10;1-7(2,3)4-6(9)5-8;1-7(2,3-5-8)4-6-9/h15H,4-13H2,1-3H3;14H,4-12H2,1-3H3;2*13H,4-11H2,1-3H3;10,12H,5-9H2,1-4H3;11H,8H2,1-5H3;8,10-11H,4-7H2,1-3H3;8,10H,5-7H2,1-4H3;10H,4-8H2,1-3H3;9-10H,3-7H2,1-2H3;6,8-9H,4-5H2,1-3H3;8-9H,3-6H2,1-2H3/q12*+1. The molecule has 28 nitrogen and oxygen atoms in total. The van der Waals surface area contributed by atoms with Crippen LogP contribution in [0.15, 0.2) is 0 Å². The van der Waals surface area contributed by atoms with Crippen LogP contribution in [-0.4, -0.2) is 561 Å². The summed E-state index contributed by atoms with van der Waals surface area (Å²) in [5, 5.41) is 141. The van der Waals surface area contributed by atoms with Gasteiger partial charge >= 0.3 is 0 Å². The topological polar surface area (TPSA) is 324 Å². The van der Waals surface area contributed by atoms with Crippen molar-refractivity contribution in [3.8, 4) is 11.8 Å². The van der Waals surface area contributed by atoms with Crippen LogP contribution in [0.3, 0.4) is 0 Å². The Morgan fingerprint density at radius 1 is 0.226 bits per heavy atom. The van der Waals surface area contributed by atoms with Crippen LogP contribution in [0.2, 0.25) is 0 Å². The molecular weight excluding hydrogens is 1730 g/mol. The first-order valence-electron chi connectivity index (χ1n) is 55.1. The Bertz CT molecular complexity index is 2380. The van der Waals surface area contributed by atoms with Gasteiger partial charge in [-0.15, -0.1) is 0 Å². The van der Waals surface area contributed by atoms with E-state index in [0.29, 0.717) is 68.2 Å². The van der Waals surface area contributed by atoms with E-state index < -0.39 is 17.8 Å². The zero-order chi connectivity index (χ0) is 109. The van der Waals surface area contributed by atoms with Crippen LogP contribution in [0.25, 0.3) is 0 Å². The summed E-state index contributed by atoms with van der Waals surface area (Å²) in [6, 6.07) is 0. The molecule has 0 spiro atoms. The van der Waals surface area contributed by atoms with Gasteiger partial charge in [-0.2, -0.15) is 0 Å². The van der Waals surface area contributed by atoms with Gasteiger partial charge in [-0.25, -0.2) is 0 Å². The molecule has 842 valence electrons. The van der Waals surface area contributed by atoms with Crippen molar-refractivity contribution in [2.45, 2.75) is 317 Å². The van der Waals surface area contributed by atoms with Crippen molar-refractivity contribution in [3.05, 3.63) is 0 Å². The van der Waals surface area contributed by atoms with Crippen LogP contribution in [0.5, 0.6) is 0 Å². The summed E-state index contributed by atoms with van der Waals surface area (Å²) in [6.45, 7) is 79.2. The van der Waals surface area contributed by atoms with E-state index in [4.69, 9.17) is 71.5 Å². The molecule has 0 aromatic rings. The molecule has 0 radical (unpaired) electrons. The Kier molecular flexibility index (Phi) is 118. The first-order valence-corrected chi connectivity index (χ1v) is 55.1. The molecule has 0 fully saturated rings. The summed E-state index contributed by atoms with van der Waals surface area (Å²) in [5.74, 6) is 5.71. The van der Waals surface area contributed by atoms with Crippen LogP contribution in [-0.2, 0) is 0 Å². The zero-order valence-electron chi connectivity index (χ0n) is 99.6. The molecule has 4 unspecified atom stereocenters. The maximum Gasteiger partial charge on any atom is 0.140 e. The predicted octanol–water partition coefficient (Wildman–Crippen LogP) is 10.4. The lowest BCUT2D eigenvalue weighted by Gasteiger charge is -2.34. The zero-order valence-corrected chi connectivity index (χ0v) is 99.6. The summed E-state index contributed by atoms with van der Waals surface area (Å²) in [5.41, 5.74) is -0.852. The Morgan fingerprint density at radius 2 is 0.460 bits per heavy atom. The van der Waals surface area contributed by atoms with E-state index in [1.54, 1.807) is 13.8 Å². The highest BCUT2D eigenvalue weighted by Gasteiger charge is 2.26. The largest absolute Gasteiger partial charge is 0.396 e. The van der Waals surface area contributed by atoms with Gasteiger partial charge in [-0.1, -0.05) is 92.4 Å². The van der Waals surface area contributed by atoms with Crippen LogP contribution in [0.4, 0.5) is 0 Å². The van der Waals surface area contributed by atoms with Crippen LogP contribution < -0.4 is 0 Å². The van der Waals surface area contributed by atoms with Crippen molar-refractivity contribution in [2.75, 3.05) is 395 Å². The number of rotatable bonds is 68. The molecule has 0 amide bonds. The van der Waals surface area contributed by atoms with Crippen LogP contribution >= 0.6 is 0 Å². The summed E-state index contributed by atoms with van der Waals surface area (Å²) in [7, 11) is 36.2. The van der Waals surface area contributed by atoms with Gasteiger partial charge in [0.15, 0.2) is 0 Å².